The number of rotatable bonds is 5. The maximum atomic E-state index is 2.74. The molecular formula is C29H54. The van der Waals surface area contributed by atoms with E-state index in [9.17, 15) is 0 Å². The monoisotopic (exact) mass is 402 g/mol. The third-order valence-electron chi connectivity index (χ3n) is 10.7. The van der Waals surface area contributed by atoms with Gasteiger partial charge in [0.2, 0.25) is 0 Å². The van der Waals surface area contributed by atoms with E-state index in [2.05, 4.69) is 34.6 Å². The quantitative estimate of drug-likeness (QED) is 0.429. The summed E-state index contributed by atoms with van der Waals surface area (Å²) in [6.45, 7) is 16.8. The Bertz CT molecular complexity index is 488. The van der Waals surface area contributed by atoms with Crippen molar-refractivity contribution in [1.82, 2.24) is 0 Å². The zero-order valence-corrected chi connectivity index (χ0v) is 21.2. The molecule has 9 atom stereocenters. The van der Waals surface area contributed by atoms with E-state index in [1.165, 1.54) is 38.5 Å². The first-order valence-corrected chi connectivity index (χ1v) is 14.0. The van der Waals surface area contributed by atoms with Gasteiger partial charge in [-0.1, -0.05) is 80.6 Å². The molecule has 4 aliphatic carbocycles. The molecule has 0 aromatic carbocycles. The first-order chi connectivity index (χ1) is 14.0. The van der Waals surface area contributed by atoms with E-state index in [0.29, 0.717) is 5.41 Å². The summed E-state index contributed by atoms with van der Waals surface area (Å²) in [6, 6.07) is 0. The van der Waals surface area contributed by atoms with Crippen LogP contribution < -0.4 is 0 Å². The lowest BCUT2D eigenvalue weighted by Crippen LogP contribution is -2.53. The first-order valence-electron chi connectivity index (χ1n) is 14.0. The molecule has 0 heteroatoms. The van der Waals surface area contributed by atoms with Gasteiger partial charge in [-0.15, -0.1) is 0 Å². The largest absolute Gasteiger partial charge is 0.0683 e. The van der Waals surface area contributed by atoms with Gasteiger partial charge in [-0.05, 0) is 104 Å². The highest BCUT2D eigenvalue weighted by molar-refractivity contribution is 5.08. The predicted octanol–water partition coefficient (Wildman–Crippen LogP) is 9.38. The van der Waals surface area contributed by atoms with Gasteiger partial charge in [0.1, 0.15) is 0 Å². The Labute approximate surface area is 184 Å². The van der Waals surface area contributed by atoms with Crippen molar-refractivity contribution in [3.63, 3.8) is 0 Å². The SMILES string of the molecule is CC.CCCC(CCC)C1CC2(C)C(C)CCC2C2CCC3CC(C)CCC3C12. The molecule has 0 bridgehead atoms. The Morgan fingerprint density at radius 3 is 2.14 bits per heavy atom. The molecule has 4 aliphatic rings. The lowest BCUT2D eigenvalue weighted by Gasteiger charge is -2.60. The van der Waals surface area contributed by atoms with Crippen LogP contribution in [0.25, 0.3) is 0 Å². The summed E-state index contributed by atoms with van der Waals surface area (Å²) >= 11 is 0. The Balaban J connectivity index is 0.00000117. The van der Waals surface area contributed by atoms with E-state index >= 15 is 0 Å². The Morgan fingerprint density at radius 1 is 0.828 bits per heavy atom. The van der Waals surface area contributed by atoms with Crippen molar-refractivity contribution in [2.75, 3.05) is 0 Å². The van der Waals surface area contributed by atoms with Crippen LogP contribution in [0.2, 0.25) is 0 Å². The predicted molar refractivity (Wildman–Crippen MR) is 129 cm³/mol. The highest BCUT2D eigenvalue weighted by Gasteiger charge is 2.59. The molecule has 0 aromatic rings. The molecule has 29 heavy (non-hydrogen) atoms. The fraction of sp³-hybridized carbons (Fsp3) is 1.00. The lowest BCUT2D eigenvalue weighted by atomic mass is 9.44. The molecule has 0 saturated heterocycles. The summed E-state index contributed by atoms with van der Waals surface area (Å²) in [4.78, 5) is 0. The molecule has 9 unspecified atom stereocenters. The van der Waals surface area contributed by atoms with E-state index in [-0.39, 0.29) is 0 Å². The summed E-state index contributed by atoms with van der Waals surface area (Å²) in [5.74, 6) is 9.49. The fourth-order valence-corrected chi connectivity index (χ4v) is 9.33. The second-order valence-corrected chi connectivity index (χ2v) is 12.0. The molecule has 0 heterocycles. The van der Waals surface area contributed by atoms with Gasteiger partial charge >= 0.3 is 0 Å². The van der Waals surface area contributed by atoms with Crippen molar-refractivity contribution in [3.05, 3.63) is 0 Å². The summed E-state index contributed by atoms with van der Waals surface area (Å²) in [6.07, 6.45) is 18.3. The van der Waals surface area contributed by atoms with Gasteiger partial charge in [0, 0.05) is 0 Å². The molecule has 0 nitrogen and oxygen atoms in total. The van der Waals surface area contributed by atoms with Crippen molar-refractivity contribution in [2.45, 2.75) is 126 Å². The molecule has 0 aliphatic heterocycles. The summed E-state index contributed by atoms with van der Waals surface area (Å²) in [5, 5.41) is 0. The van der Waals surface area contributed by atoms with Gasteiger partial charge in [0.15, 0.2) is 0 Å². The van der Waals surface area contributed by atoms with Crippen LogP contribution in [0.4, 0.5) is 0 Å². The zero-order valence-electron chi connectivity index (χ0n) is 21.2. The topological polar surface area (TPSA) is 0 Å². The van der Waals surface area contributed by atoms with Crippen molar-refractivity contribution in [1.29, 1.82) is 0 Å². The fourth-order valence-electron chi connectivity index (χ4n) is 9.33. The second-order valence-electron chi connectivity index (χ2n) is 12.0. The second kappa shape index (κ2) is 10.1. The van der Waals surface area contributed by atoms with E-state index in [1.54, 1.807) is 38.5 Å². The average molecular weight is 403 g/mol. The Hall–Kier alpha value is 0. The molecule has 0 spiro atoms. The number of hydrogen-bond donors (Lipinski definition) is 0. The molecule has 4 fully saturated rings. The maximum Gasteiger partial charge on any atom is -0.0266 e. The third kappa shape index (κ3) is 4.35. The van der Waals surface area contributed by atoms with Crippen LogP contribution in [0.3, 0.4) is 0 Å². The molecule has 4 rings (SSSR count). The molecule has 0 aromatic heterocycles. The van der Waals surface area contributed by atoms with Gasteiger partial charge in [-0.2, -0.15) is 0 Å². The molecule has 0 N–H and O–H groups in total. The smallest absolute Gasteiger partial charge is 0.0266 e. The number of hydrogen-bond acceptors (Lipinski definition) is 0. The Kier molecular flexibility index (Phi) is 8.22. The lowest BCUT2D eigenvalue weighted by molar-refractivity contribution is -0.117. The van der Waals surface area contributed by atoms with Crippen LogP contribution in [0, 0.1) is 58.7 Å². The van der Waals surface area contributed by atoms with Crippen molar-refractivity contribution >= 4 is 0 Å². The standard InChI is InChI=1S/C27H48.C2H6/c1-6-8-20(9-7-2)24-17-27(5)19(4)11-15-25(27)23-14-12-21-16-18(3)10-13-22(21)26(23)24;1-2/h18-26H,6-17H2,1-5H3;1-2H3. The van der Waals surface area contributed by atoms with Crippen LogP contribution in [0.1, 0.15) is 126 Å². The summed E-state index contributed by atoms with van der Waals surface area (Å²) < 4.78 is 0. The van der Waals surface area contributed by atoms with Crippen molar-refractivity contribution in [2.24, 2.45) is 58.7 Å². The minimum Gasteiger partial charge on any atom is -0.0683 e. The van der Waals surface area contributed by atoms with Gasteiger partial charge in [0.25, 0.3) is 0 Å². The van der Waals surface area contributed by atoms with E-state index in [4.69, 9.17) is 0 Å². The molecule has 4 saturated carbocycles. The van der Waals surface area contributed by atoms with Gasteiger partial charge in [0.05, 0.1) is 0 Å². The van der Waals surface area contributed by atoms with Crippen LogP contribution in [0.15, 0.2) is 0 Å². The number of fused-ring (bicyclic) bond motifs is 5. The van der Waals surface area contributed by atoms with E-state index in [0.717, 1.165) is 53.3 Å². The molecule has 0 radical (unpaired) electrons. The minimum atomic E-state index is 0.667. The summed E-state index contributed by atoms with van der Waals surface area (Å²) in [7, 11) is 0. The molecule has 0 amide bonds. The first kappa shape index (κ1) is 23.7. The zero-order chi connectivity index (χ0) is 21.2. The van der Waals surface area contributed by atoms with E-state index in [1.807, 2.05) is 13.8 Å². The van der Waals surface area contributed by atoms with Crippen molar-refractivity contribution in [3.8, 4) is 0 Å². The molecular weight excluding hydrogens is 348 g/mol. The van der Waals surface area contributed by atoms with Crippen LogP contribution in [-0.2, 0) is 0 Å². The highest BCUT2D eigenvalue weighted by Crippen LogP contribution is 2.67. The molecule has 170 valence electrons. The Morgan fingerprint density at radius 2 is 1.48 bits per heavy atom. The summed E-state index contributed by atoms with van der Waals surface area (Å²) in [5.41, 5.74) is 0.667. The highest BCUT2D eigenvalue weighted by atomic mass is 14.6. The minimum absolute atomic E-state index is 0.667. The van der Waals surface area contributed by atoms with Gasteiger partial charge in [-0.3, -0.25) is 0 Å². The van der Waals surface area contributed by atoms with E-state index < -0.39 is 0 Å². The average Bonchev–Trinajstić information content (AvgIpc) is 3.03. The van der Waals surface area contributed by atoms with Gasteiger partial charge < -0.3 is 0 Å². The van der Waals surface area contributed by atoms with Crippen LogP contribution in [0.5, 0.6) is 0 Å². The van der Waals surface area contributed by atoms with Crippen molar-refractivity contribution < 1.29 is 0 Å². The van der Waals surface area contributed by atoms with Crippen LogP contribution in [-0.4, -0.2) is 0 Å². The van der Waals surface area contributed by atoms with Crippen LogP contribution >= 0.6 is 0 Å². The maximum absolute atomic E-state index is 2.74. The normalized spacial score (nSPS) is 46.3. The third-order valence-corrected chi connectivity index (χ3v) is 10.7. The van der Waals surface area contributed by atoms with Gasteiger partial charge in [-0.25, -0.2) is 0 Å².